The normalized spacial score (nSPS) is 11.6. The highest BCUT2D eigenvalue weighted by Gasteiger charge is 2.45. The van der Waals surface area contributed by atoms with Gasteiger partial charge < -0.3 is 14.2 Å². The van der Waals surface area contributed by atoms with Crippen molar-refractivity contribution in [2.75, 3.05) is 19.8 Å². The van der Waals surface area contributed by atoms with Crippen LogP contribution in [0.1, 0.15) is 15.9 Å². The number of hydrogen-bond acceptors (Lipinski definition) is 6. The summed E-state index contributed by atoms with van der Waals surface area (Å²) >= 11 is 3.80. The first-order chi connectivity index (χ1) is 14.4. The second kappa shape index (κ2) is 10.9. The average Bonchev–Trinajstić information content (AvgIpc) is 2.70. The Balaban J connectivity index is 1.94. The third-order valence-electron chi connectivity index (χ3n) is 3.70. The molecule has 0 bridgehead atoms. The van der Waals surface area contributed by atoms with E-state index in [0.29, 0.717) is 18.6 Å². The van der Waals surface area contributed by atoms with E-state index >= 15 is 0 Å². The minimum Gasteiger partial charge on any atom is -0.490 e. The van der Waals surface area contributed by atoms with Gasteiger partial charge in [0.15, 0.2) is 6.61 Å². The van der Waals surface area contributed by atoms with Crippen LogP contribution in [-0.2, 0) is 14.9 Å². The second-order valence-corrected chi connectivity index (χ2v) is 9.80. The molecule has 1 N–H and O–H groups in total. The second-order valence-electron chi connectivity index (χ2n) is 5.93. The van der Waals surface area contributed by atoms with Crippen molar-refractivity contribution in [3.63, 3.8) is 0 Å². The van der Waals surface area contributed by atoms with E-state index < -0.39 is 27.9 Å². The topological polar surface area (TPSA) is 99.1 Å². The highest BCUT2D eigenvalue weighted by Crippen LogP contribution is 2.30. The van der Waals surface area contributed by atoms with Crippen LogP contribution in [0.25, 0.3) is 6.08 Å². The third-order valence-corrected chi connectivity index (χ3v) is 6.17. The molecule has 0 aliphatic carbocycles. The van der Waals surface area contributed by atoms with Crippen LogP contribution in [0, 0.1) is 7.14 Å². The fourth-order valence-corrected chi connectivity index (χ4v) is 4.41. The van der Waals surface area contributed by atoms with E-state index in [0.717, 1.165) is 5.56 Å². The van der Waals surface area contributed by atoms with E-state index in [9.17, 15) is 22.0 Å². The summed E-state index contributed by atoms with van der Waals surface area (Å²) in [5, 5.41) is -4.60. The first kappa shape index (κ1) is 25.7. The van der Waals surface area contributed by atoms with Crippen LogP contribution in [0.2, 0.25) is 0 Å². The molecule has 2 rings (SSSR count). The number of hydrogen-bond donors (Lipinski definition) is 1. The van der Waals surface area contributed by atoms with Gasteiger partial charge in [-0.2, -0.15) is 17.2 Å². The van der Waals surface area contributed by atoms with Gasteiger partial charge in [0.2, 0.25) is 0 Å². The minimum absolute atomic E-state index is 0.0779. The third kappa shape index (κ3) is 7.25. The summed E-state index contributed by atoms with van der Waals surface area (Å²) < 4.78 is 72.6. The van der Waals surface area contributed by atoms with Crippen LogP contribution in [0.5, 0.6) is 11.5 Å². The number of esters is 1. The Labute approximate surface area is 204 Å². The molecule has 0 amide bonds. The Hall–Kier alpha value is -1.52. The first-order valence-corrected chi connectivity index (χ1v) is 12.0. The Morgan fingerprint density at radius 3 is 2.16 bits per heavy atom. The van der Waals surface area contributed by atoms with Crippen molar-refractivity contribution in [2.45, 2.75) is 5.25 Å². The molecule has 31 heavy (non-hydrogen) atoms. The largest absolute Gasteiger partial charge is 0.490 e. The van der Waals surface area contributed by atoms with Gasteiger partial charge in [-0.25, -0.2) is 4.79 Å². The molecule has 168 valence electrons. The highest BCUT2D eigenvalue weighted by atomic mass is 127. The summed E-state index contributed by atoms with van der Waals surface area (Å²) in [5.41, 5.74) is 0.888. The quantitative estimate of drug-likeness (QED) is 0.169. The lowest BCUT2D eigenvalue weighted by Gasteiger charge is -2.15. The van der Waals surface area contributed by atoms with Crippen LogP contribution in [0.15, 0.2) is 43.0 Å². The monoisotopic (exact) mass is 680 g/mol. The fourth-order valence-electron chi connectivity index (χ4n) is 2.13. The maximum absolute atomic E-state index is 13.2. The maximum Gasteiger partial charge on any atom is 0.402 e. The molecule has 0 fully saturated rings. The Morgan fingerprint density at radius 2 is 1.65 bits per heavy atom. The zero-order valence-electron chi connectivity index (χ0n) is 15.7. The summed E-state index contributed by atoms with van der Waals surface area (Å²) in [4.78, 5) is 12.0. The Kier molecular flexibility index (Phi) is 9.03. The van der Waals surface area contributed by atoms with Crippen molar-refractivity contribution in [1.82, 2.24) is 0 Å². The number of carbonyl (C=O) groups is 1. The van der Waals surface area contributed by atoms with Crippen molar-refractivity contribution in [3.05, 3.63) is 61.2 Å². The maximum atomic E-state index is 13.2. The van der Waals surface area contributed by atoms with Gasteiger partial charge in [-0.15, -0.1) is 0 Å². The molecule has 0 aromatic heterocycles. The minimum atomic E-state index is -5.69. The van der Waals surface area contributed by atoms with E-state index in [4.69, 9.17) is 14.0 Å². The average molecular weight is 680 g/mol. The van der Waals surface area contributed by atoms with Crippen molar-refractivity contribution in [2.24, 2.45) is 0 Å². The Bertz CT molecular complexity index is 1030. The number of carbonyl (C=O) groups excluding carboxylic acids is 1. The van der Waals surface area contributed by atoms with E-state index in [1.165, 1.54) is 12.1 Å². The lowest BCUT2D eigenvalue weighted by atomic mass is 10.2. The van der Waals surface area contributed by atoms with E-state index in [2.05, 4.69) is 11.3 Å². The van der Waals surface area contributed by atoms with Gasteiger partial charge in [-0.1, -0.05) is 24.8 Å². The zero-order valence-corrected chi connectivity index (χ0v) is 20.8. The van der Waals surface area contributed by atoms with Crippen molar-refractivity contribution in [3.8, 4) is 11.5 Å². The van der Waals surface area contributed by atoms with E-state index in [1.54, 1.807) is 18.2 Å². The van der Waals surface area contributed by atoms with Gasteiger partial charge >= 0.3 is 21.3 Å². The van der Waals surface area contributed by atoms with Crippen LogP contribution in [0.3, 0.4) is 0 Å². The highest BCUT2D eigenvalue weighted by molar-refractivity contribution is 14.1. The summed E-state index contributed by atoms with van der Waals surface area (Å²) in [6.45, 7) is 2.34. The van der Waals surface area contributed by atoms with Gasteiger partial charge in [0, 0.05) is 0 Å². The van der Waals surface area contributed by atoms with Gasteiger partial charge in [0.25, 0.3) is 0 Å². The number of benzene rings is 2. The number of alkyl halides is 2. The molecule has 0 aliphatic heterocycles. The summed E-state index contributed by atoms with van der Waals surface area (Å²) in [6, 6.07) is 10.0. The van der Waals surface area contributed by atoms with Crippen LogP contribution in [-0.4, -0.2) is 44.0 Å². The molecule has 0 saturated carbocycles. The van der Waals surface area contributed by atoms with Gasteiger partial charge in [0.1, 0.15) is 24.7 Å². The molecule has 0 heterocycles. The molecular formula is C19H16F2I2O7S. The number of rotatable bonds is 10. The molecule has 7 nitrogen and oxygen atoms in total. The van der Waals surface area contributed by atoms with Gasteiger partial charge in [-0.3, -0.25) is 4.55 Å². The summed E-state index contributed by atoms with van der Waals surface area (Å²) in [7, 11) is -5.69. The lowest BCUT2D eigenvalue weighted by molar-refractivity contribution is -0.00951. The molecule has 0 saturated heterocycles. The molecule has 0 aliphatic rings. The van der Waals surface area contributed by atoms with Crippen molar-refractivity contribution < 1.29 is 40.8 Å². The number of ether oxygens (including phenoxy) is 3. The summed E-state index contributed by atoms with van der Waals surface area (Å²) in [6.07, 6.45) is 1.72. The molecule has 2 aromatic rings. The SMILES string of the molecule is C=Cc1ccc(OCCOc2c(I)cc(C(=O)OCC(F)(F)S(=O)(=O)O)cc2I)cc1. The van der Waals surface area contributed by atoms with Crippen LogP contribution in [0.4, 0.5) is 8.78 Å². The fraction of sp³-hybridized carbons (Fsp3) is 0.211. The molecular weight excluding hydrogens is 664 g/mol. The van der Waals surface area contributed by atoms with Crippen molar-refractivity contribution in [1.29, 1.82) is 0 Å². The number of halogens is 4. The molecule has 0 atom stereocenters. The Morgan fingerprint density at radius 1 is 1.10 bits per heavy atom. The lowest BCUT2D eigenvalue weighted by Crippen LogP contribution is -2.34. The van der Waals surface area contributed by atoms with Crippen LogP contribution >= 0.6 is 45.2 Å². The summed E-state index contributed by atoms with van der Waals surface area (Å²) in [5.74, 6) is -0.0398. The van der Waals surface area contributed by atoms with Gasteiger partial charge in [0.05, 0.1) is 12.7 Å². The predicted octanol–water partition coefficient (Wildman–Crippen LogP) is 4.63. The van der Waals surface area contributed by atoms with Crippen LogP contribution < -0.4 is 9.47 Å². The van der Waals surface area contributed by atoms with E-state index in [-0.39, 0.29) is 18.8 Å². The molecule has 0 unspecified atom stereocenters. The van der Waals surface area contributed by atoms with E-state index in [1.807, 2.05) is 57.3 Å². The smallest absolute Gasteiger partial charge is 0.402 e. The van der Waals surface area contributed by atoms with Crippen molar-refractivity contribution >= 4 is 67.3 Å². The first-order valence-electron chi connectivity index (χ1n) is 8.44. The standard InChI is InChI=1S/C19H16F2I2O7S/c1-2-12-3-5-14(6-4-12)28-7-8-29-17-15(22)9-13(10-16(17)23)18(24)30-11-19(20,21)31(25,26)27/h2-6,9-10H,1,7-8,11H2,(H,25,26,27). The molecule has 2 aromatic carbocycles. The predicted molar refractivity (Wildman–Crippen MR) is 126 cm³/mol. The van der Waals surface area contributed by atoms with Gasteiger partial charge in [-0.05, 0) is 75.0 Å². The molecule has 0 radical (unpaired) electrons. The molecule has 0 spiro atoms. The zero-order chi connectivity index (χ0) is 23.2. The molecule has 12 heteroatoms.